The molecule has 4 bridgehead atoms. The highest BCUT2D eigenvalue weighted by Gasteiger charge is 2.51. The number of rotatable bonds is 2. The smallest absolute Gasteiger partial charge is 0.00388 e. The van der Waals surface area contributed by atoms with Gasteiger partial charge in [0.15, 0.2) is 0 Å². The van der Waals surface area contributed by atoms with Gasteiger partial charge in [0.2, 0.25) is 0 Å². The van der Waals surface area contributed by atoms with E-state index in [-0.39, 0.29) is 0 Å². The summed E-state index contributed by atoms with van der Waals surface area (Å²) < 4.78 is 0. The topological polar surface area (TPSA) is 0 Å². The molecular weight excluding hydrogens is 264 g/mol. The van der Waals surface area contributed by atoms with E-state index in [2.05, 4.69) is 42.5 Å². The van der Waals surface area contributed by atoms with Crippen LogP contribution in [0.1, 0.15) is 44.1 Å². The molecule has 0 amide bonds. The van der Waals surface area contributed by atoms with Crippen molar-refractivity contribution >= 4 is 0 Å². The lowest BCUT2D eigenvalue weighted by Gasteiger charge is -2.57. The Morgan fingerprint density at radius 1 is 0.818 bits per heavy atom. The first-order valence-corrected chi connectivity index (χ1v) is 8.88. The molecule has 4 aliphatic carbocycles. The van der Waals surface area contributed by atoms with E-state index in [0.29, 0.717) is 5.41 Å². The minimum Gasteiger partial charge on any atom is -0.0616 e. The quantitative estimate of drug-likeness (QED) is 0.672. The van der Waals surface area contributed by atoms with E-state index in [9.17, 15) is 0 Å². The molecule has 111 valence electrons. The maximum Gasteiger partial charge on any atom is -0.00388 e. The average molecular weight is 287 g/mol. The van der Waals surface area contributed by atoms with Gasteiger partial charge in [-0.05, 0) is 84.5 Å². The second kappa shape index (κ2) is 4.72. The molecule has 0 saturated heterocycles. The summed E-state index contributed by atoms with van der Waals surface area (Å²) in [7, 11) is 0. The summed E-state index contributed by atoms with van der Waals surface area (Å²) in [4.78, 5) is 0. The van der Waals surface area contributed by atoms with Crippen molar-refractivity contribution in [3.63, 3.8) is 0 Å². The fourth-order valence-electron chi connectivity index (χ4n) is 6.05. The van der Waals surface area contributed by atoms with E-state index in [1.165, 1.54) is 49.7 Å². The van der Waals surface area contributed by atoms with Crippen LogP contribution in [0.25, 0.3) is 11.1 Å². The maximum atomic E-state index is 3.39. The molecule has 0 aromatic heterocycles. The molecule has 0 heteroatoms. The zero-order chi connectivity index (χ0) is 14.6. The Balaban J connectivity index is 1.56. The van der Waals surface area contributed by atoms with E-state index in [4.69, 9.17) is 0 Å². The molecule has 4 fully saturated rings. The average Bonchev–Trinajstić information content (AvgIpc) is 2.55. The van der Waals surface area contributed by atoms with Crippen molar-refractivity contribution in [2.45, 2.75) is 43.9 Å². The third-order valence-corrected chi connectivity index (χ3v) is 6.53. The van der Waals surface area contributed by atoms with Crippen LogP contribution in [0.4, 0.5) is 0 Å². The highest BCUT2D eigenvalue weighted by Crippen LogP contribution is 2.60. The lowest BCUT2D eigenvalue weighted by molar-refractivity contribution is -0.00516. The van der Waals surface area contributed by atoms with Crippen LogP contribution < -0.4 is 0 Å². The Morgan fingerprint density at radius 2 is 1.55 bits per heavy atom. The van der Waals surface area contributed by atoms with Crippen molar-refractivity contribution in [3.8, 4) is 11.1 Å². The van der Waals surface area contributed by atoms with Crippen LogP contribution >= 0.6 is 0 Å². The Morgan fingerprint density at radius 3 is 2.18 bits per heavy atom. The van der Waals surface area contributed by atoms with Crippen molar-refractivity contribution in [1.82, 2.24) is 0 Å². The lowest BCUT2D eigenvalue weighted by Crippen LogP contribution is -2.48. The van der Waals surface area contributed by atoms with Crippen LogP contribution in [0.5, 0.6) is 0 Å². The first-order chi connectivity index (χ1) is 10.8. The lowest BCUT2D eigenvalue weighted by atomic mass is 9.48. The predicted molar refractivity (Wildman–Crippen MR) is 90.6 cm³/mol. The standard InChI is InChI=1S/C22H23/c1-2-5-19(6-3-1)20-7-4-8-21(12-20)22-13-16-9-17(14-22)11-18(10-16)15-22/h1-5,7-8,12,16-18H,9-11,13-15H2. The van der Waals surface area contributed by atoms with E-state index in [0.717, 1.165) is 17.8 Å². The van der Waals surface area contributed by atoms with Gasteiger partial charge in [-0.15, -0.1) is 0 Å². The Labute approximate surface area is 133 Å². The van der Waals surface area contributed by atoms with Gasteiger partial charge in [-0.1, -0.05) is 48.5 Å². The van der Waals surface area contributed by atoms with Gasteiger partial charge >= 0.3 is 0 Å². The van der Waals surface area contributed by atoms with E-state index in [1.54, 1.807) is 5.56 Å². The molecular formula is C22H23. The fraction of sp³-hybridized carbons (Fsp3) is 0.455. The molecule has 4 aliphatic rings. The molecule has 6 rings (SSSR count). The van der Waals surface area contributed by atoms with E-state index >= 15 is 0 Å². The fourth-order valence-corrected chi connectivity index (χ4v) is 6.05. The summed E-state index contributed by atoms with van der Waals surface area (Å²) in [5, 5.41) is 0. The molecule has 0 spiro atoms. The molecule has 1 radical (unpaired) electrons. The highest BCUT2D eigenvalue weighted by molar-refractivity contribution is 5.64. The maximum absolute atomic E-state index is 3.39. The van der Waals surface area contributed by atoms with Gasteiger partial charge in [-0.2, -0.15) is 0 Å². The van der Waals surface area contributed by atoms with Crippen LogP contribution in [0.3, 0.4) is 0 Å². The van der Waals surface area contributed by atoms with Gasteiger partial charge in [0.1, 0.15) is 0 Å². The van der Waals surface area contributed by atoms with Gasteiger partial charge in [0.05, 0.1) is 0 Å². The first kappa shape index (κ1) is 12.9. The monoisotopic (exact) mass is 287 g/mol. The minimum absolute atomic E-state index is 0.500. The summed E-state index contributed by atoms with van der Waals surface area (Å²) in [6.07, 6.45) is 8.89. The molecule has 2 aromatic carbocycles. The summed E-state index contributed by atoms with van der Waals surface area (Å²) >= 11 is 0. The summed E-state index contributed by atoms with van der Waals surface area (Å²) in [6, 6.07) is 21.1. The van der Waals surface area contributed by atoms with Crippen molar-refractivity contribution in [2.24, 2.45) is 17.8 Å². The van der Waals surface area contributed by atoms with Crippen LogP contribution in [0, 0.1) is 23.8 Å². The summed E-state index contributed by atoms with van der Waals surface area (Å²) in [5.41, 5.74) is 4.68. The highest BCUT2D eigenvalue weighted by atomic mass is 14.6. The van der Waals surface area contributed by atoms with Crippen molar-refractivity contribution in [1.29, 1.82) is 0 Å². The molecule has 0 nitrogen and oxygen atoms in total. The van der Waals surface area contributed by atoms with Gasteiger partial charge in [0.25, 0.3) is 0 Å². The second-order valence-electron chi connectivity index (χ2n) is 8.05. The summed E-state index contributed by atoms with van der Waals surface area (Å²) in [5.74, 6) is 3.04. The van der Waals surface area contributed by atoms with Gasteiger partial charge in [0, 0.05) is 0 Å². The number of hydrogen-bond donors (Lipinski definition) is 0. The van der Waals surface area contributed by atoms with Crippen molar-refractivity contribution in [3.05, 3.63) is 60.2 Å². The van der Waals surface area contributed by atoms with Crippen LogP contribution in [0.2, 0.25) is 0 Å². The predicted octanol–water partition coefficient (Wildman–Crippen LogP) is 5.62. The van der Waals surface area contributed by atoms with Crippen molar-refractivity contribution < 1.29 is 0 Å². The van der Waals surface area contributed by atoms with E-state index < -0.39 is 0 Å². The van der Waals surface area contributed by atoms with Crippen LogP contribution in [-0.4, -0.2) is 0 Å². The third-order valence-electron chi connectivity index (χ3n) is 6.53. The van der Waals surface area contributed by atoms with Gasteiger partial charge in [-0.3, -0.25) is 0 Å². The number of benzene rings is 2. The molecule has 0 N–H and O–H groups in total. The van der Waals surface area contributed by atoms with Crippen LogP contribution in [0.15, 0.2) is 48.5 Å². The summed E-state index contributed by atoms with van der Waals surface area (Å²) in [6.45, 7) is 0. The largest absolute Gasteiger partial charge is 0.0616 e. The Hall–Kier alpha value is -1.56. The number of hydrogen-bond acceptors (Lipinski definition) is 0. The molecule has 2 aromatic rings. The molecule has 22 heavy (non-hydrogen) atoms. The Bertz CT molecular complexity index is 647. The minimum atomic E-state index is 0.500. The molecule has 0 aliphatic heterocycles. The zero-order valence-corrected chi connectivity index (χ0v) is 13.1. The molecule has 0 heterocycles. The van der Waals surface area contributed by atoms with Gasteiger partial charge < -0.3 is 0 Å². The normalized spacial score (nSPS) is 35.7. The Kier molecular flexibility index (Phi) is 2.77. The van der Waals surface area contributed by atoms with Crippen molar-refractivity contribution in [2.75, 3.05) is 0 Å². The van der Waals surface area contributed by atoms with E-state index in [1.807, 2.05) is 12.1 Å². The molecule has 0 unspecified atom stereocenters. The van der Waals surface area contributed by atoms with Gasteiger partial charge in [-0.25, -0.2) is 0 Å². The SMILES string of the molecule is [c]1ccccc1-c1cccc(C23CC4CC(CC(C4)C2)C3)c1. The third kappa shape index (κ3) is 1.96. The molecule has 4 saturated carbocycles. The first-order valence-electron chi connectivity index (χ1n) is 8.88. The van der Waals surface area contributed by atoms with Crippen LogP contribution in [-0.2, 0) is 5.41 Å². The molecule has 0 atom stereocenters. The second-order valence-corrected chi connectivity index (χ2v) is 8.05. The zero-order valence-electron chi connectivity index (χ0n) is 13.1.